The van der Waals surface area contributed by atoms with Crippen molar-refractivity contribution in [1.82, 2.24) is 20.3 Å². The van der Waals surface area contributed by atoms with Crippen molar-refractivity contribution in [1.29, 1.82) is 0 Å². The Morgan fingerprint density at radius 1 is 1.40 bits per heavy atom. The van der Waals surface area contributed by atoms with Crippen molar-refractivity contribution in [3.8, 4) is 5.69 Å². The van der Waals surface area contributed by atoms with Crippen LogP contribution in [0.1, 0.15) is 16.2 Å². The Morgan fingerprint density at radius 2 is 2.10 bits per heavy atom. The number of rotatable bonds is 5. The Hall–Kier alpha value is -1.89. The number of hydrogen-bond donors (Lipinski definition) is 1. The van der Waals surface area contributed by atoms with Crippen LogP contribution in [-0.4, -0.2) is 39.5 Å². The van der Waals surface area contributed by atoms with E-state index >= 15 is 0 Å². The summed E-state index contributed by atoms with van der Waals surface area (Å²) in [5.41, 5.74) is 1.58. The van der Waals surface area contributed by atoms with Gasteiger partial charge in [0.15, 0.2) is 5.69 Å². The Labute approximate surface area is 120 Å². The third-order valence-electron chi connectivity index (χ3n) is 2.77. The molecule has 0 spiro atoms. The molecule has 0 saturated heterocycles. The van der Waals surface area contributed by atoms with E-state index in [-0.39, 0.29) is 17.4 Å². The Balaban J connectivity index is 2.18. The van der Waals surface area contributed by atoms with Crippen LogP contribution in [-0.2, 0) is 0 Å². The van der Waals surface area contributed by atoms with Gasteiger partial charge >= 0.3 is 0 Å². The molecule has 1 amide bonds. The quantitative estimate of drug-likeness (QED) is 0.854. The first-order chi connectivity index (χ1) is 9.63. The molecule has 1 aromatic carbocycles. The molecule has 0 aliphatic rings. The van der Waals surface area contributed by atoms with E-state index in [1.165, 1.54) is 16.8 Å². The van der Waals surface area contributed by atoms with E-state index in [9.17, 15) is 9.18 Å². The number of carbonyl (C=O) groups is 1. The SMILES string of the molecule is CSCCNC(=O)c1nnn(-c2ccc(F)cc2)c1C. The first kappa shape index (κ1) is 14.5. The van der Waals surface area contributed by atoms with E-state index in [2.05, 4.69) is 15.6 Å². The van der Waals surface area contributed by atoms with E-state index in [0.29, 0.717) is 17.9 Å². The summed E-state index contributed by atoms with van der Waals surface area (Å²) in [6, 6.07) is 5.86. The smallest absolute Gasteiger partial charge is 0.273 e. The van der Waals surface area contributed by atoms with Gasteiger partial charge in [-0.2, -0.15) is 11.8 Å². The van der Waals surface area contributed by atoms with E-state index in [1.54, 1.807) is 30.8 Å². The monoisotopic (exact) mass is 294 g/mol. The first-order valence-electron chi connectivity index (χ1n) is 6.09. The Morgan fingerprint density at radius 3 is 2.75 bits per heavy atom. The number of hydrogen-bond acceptors (Lipinski definition) is 4. The second kappa shape index (κ2) is 6.51. The minimum absolute atomic E-state index is 0.245. The molecule has 2 aromatic rings. The lowest BCUT2D eigenvalue weighted by atomic mass is 10.3. The third-order valence-corrected chi connectivity index (χ3v) is 3.38. The average Bonchev–Trinajstić information content (AvgIpc) is 2.82. The van der Waals surface area contributed by atoms with Crippen LogP contribution in [0.3, 0.4) is 0 Å². The van der Waals surface area contributed by atoms with Gasteiger partial charge in [-0.15, -0.1) is 5.10 Å². The molecule has 0 fully saturated rings. The molecule has 20 heavy (non-hydrogen) atoms. The van der Waals surface area contributed by atoms with Crippen LogP contribution in [0, 0.1) is 12.7 Å². The Bertz CT molecular complexity index is 597. The van der Waals surface area contributed by atoms with Gasteiger partial charge in [-0.3, -0.25) is 4.79 Å². The summed E-state index contributed by atoms with van der Waals surface area (Å²) in [5, 5.41) is 10.6. The van der Waals surface area contributed by atoms with E-state index < -0.39 is 0 Å². The topological polar surface area (TPSA) is 59.8 Å². The predicted molar refractivity (Wildman–Crippen MR) is 76.8 cm³/mol. The average molecular weight is 294 g/mol. The standard InChI is InChI=1S/C13H15FN4OS/c1-9-12(13(19)15-7-8-20-2)16-17-18(9)11-5-3-10(14)4-6-11/h3-6H,7-8H2,1-2H3,(H,15,19). The fraction of sp³-hybridized carbons (Fsp3) is 0.308. The molecule has 106 valence electrons. The number of benzene rings is 1. The molecule has 7 heteroatoms. The molecule has 1 heterocycles. The second-order valence-electron chi connectivity index (χ2n) is 4.16. The number of thioether (sulfide) groups is 1. The largest absolute Gasteiger partial charge is 0.350 e. The number of nitrogens with one attached hydrogen (secondary N) is 1. The van der Waals surface area contributed by atoms with Crippen LogP contribution in [0.25, 0.3) is 5.69 Å². The lowest BCUT2D eigenvalue weighted by molar-refractivity contribution is 0.0950. The molecular formula is C13H15FN4OS. The zero-order valence-electron chi connectivity index (χ0n) is 11.3. The lowest BCUT2D eigenvalue weighted by Crippen LogP contribution is -2.26. The van der Waals surface area contributed by atoms with Crippen molar-refractivity contribution >= 4 is 17.7 Å². The highest BCUT2D eigenvalue weighted by Crippen LogP contribution is 2.12. The van der Waals surface area contributed by atoms with Gasteiger partial charge in [0, 0.05) is 12.3 Å². The molecule has 0 unspecified atom stereocenters. The molecule has 5 nitrogen and oxygen atoms in total. The number of amides is 1. The summed E-state index contributed by atoms with van der Waals surface area (Å²) in [4.78, 5) is 11.9. The molecule has 2 rings (SSSR count). The van der Waals surface area contributed by atoms with Gasteiger partial charge in [0.05, 0.1) is 11.4 Å². The number of halogens is 1. The van der Waals surface area contributed by atoms with Crippen molar-refractivity contribution in [2.45, 2.75) is 6.92 Å². The normalized spacial score (nSPS) is 10.6. The van der Waals surface area contributed by atoms with E-state index in [4.69, 9.17) is 0 Å². The van der Waals surface area contributed by atoms with Crippen molar-refractivity contribution in [2.75, 3.05) is 18.6 Å². The molecule has 0 aliphatic heterocycles. The van der Waals surface area contributed by atoms with Gasteiger partial charge in [-0.05, 0) is 37.4 Å². The van der Waals surface area contributed by atoms with Crippen LogP contribution in [0.2, 0.25) is 0 Å². The summed E-state index contributed by atoms with van der Waals surface area (Å²) in [5.74, 6) is 0.281. The maximum Gasteiger partial charge on any atom is 0.273 e. The highest BCUT2D eigenvalue weighted by Gasteiger charge is 2.16. The second-order valence-corrected chi connectivity index (χ2v) is 5.15. The van der Waals surface area contributed by atoms with Gasteiger partial charge in [-0.25, -0.2) is 9.07 Å². The van der Waals surface area contributed by atoms with Gasteiger partial charge in [0.1, 0.15) is 5.82 Å². The molecule has 0 atom stereocenters. The molecule has 1 N–H and O–H groups in total. The van der Waals surface area contributed by atoms with Gasteiger partial charge < -0.3 is 5.32 Å². The molecule has 1 aromatic heterocycles. The summed E-state index contributed by atoms with van der Waals surface area (Å²) in [6.45, 7) is 2.34. The third kappa shape index (κ3) is 3.16. The molecule has 0 radical (unpaired) electrons. The fourth-order valence-corrected chi connectivity index (χ4v) is 2.02. The highest BCUT2D eigenvalue weighted by atomic mass is 32.2. The summed E-state index contributed by atoms with van der Waals surface area (Å²) in [7, 11) is 0. The Kier molecular flexibility index (Phi) is 4.73. The first-order valence-corrected chi connectivity index (χ1v) is 7.48. The zero-order valence-corrected chi connectivity index (χ0v) is 12.1. The number of aromatic nitrogens is 3. The van der Waals surface area contributed by atoms with Crippen LogP contribution in [0.5, 0.6) is 0 Å². The highest BCUT2D eigenvalue weighted by molar-refractivity contribution is 7.98. The van der Waals surface area contributed by atoms with Crippen molar-refractivity contribution < 1.29 is 9.18 Å². The van der Waals surface area contributed by atoms with Crippen LogP contribution in [0.15, 0.2) is 24.3 Å². The molecule has 0 aliphatic carbocycles. The van der Waals surface area contributed by atoms with Gasteiger partial charge in [0.2, 0.25) is 0 Å². The van der Waals surface area contributed by atoms with Gasteiger partial charge in [-0.1, -0.05) is 5.21 Å². The van der Waals surface area contributed by atoms with E-state index in [1.807, 2.05) is 6.26 Å². The molecular weight excluding hydrogens is 279 g/mol. The van der Waals surface area contributed by atoms with Crippen LogP contribution >= 0.6 is 11.8 Å². The lowest BCUT2D eigenvalue weighted by Gasteiger charge is -2.04. The van der Waals surface area contributed by atoms with Gasteiger partial charge in [0.25, 0.3) is 5.91 Å². The number of nitrogens with zero attached hydrogens (tertiary/aromatic N) is 3. The van der Waals surface area contributed by atoms with Crippen molar-refractivity contribution in [3.05, 3.63) is 41.5 Å². The summed E-state index contributed by atoms with van der Waals surface area (Å²) >= 11 is 1.65. The zero-order chi connectivity index (χ0) is 14.5. The minimum Gasteiger partial charge on any atom is -0.350 e. The molecule has 0 saturated carbocycles. The van der Waals surface area contributed by atoms with Crippen LogP contribution < -0.4 is 5.32 Å². The van der Waals surface area contributed by atoms with E-state index in [0.717, 1.165) is 5.75 Å². The predicted octanol–water partition coefficient (Wildman–Crippen LogP) is 1.81. The summed E-state index contributed by atoms with van der Waals surface area (Å²) in [6.07, 6.45) is 1.97. The minimum atomic E-state index is -0.318. The summed E-state index contributed by atoms with van der Waals surface area (Å²) < 4.78 is 14.4. The number of carbonyl (C=O) groups excluding carboxylic acids is 1. The molecule has 0 bridgehead atoms. The fourth-order valence-electron chi connectivity index (χ4n) is 1.72. The van der Waals surface area contributed by atoms with Crippen molar-refractivity contribution in [2.24, 2.45) is 0 Å². The van der Waals surface area contributed by atoms with Crippen LogP contribution in [0.4, 0.5) is 4.39 Å². The maximum absolute atomic E-state index is 12.9. The maximum atomic E-state index is 12.9. The van der Waals surface area contributed by atoms with Crippen molar-refractivity contribution in [3.63, 3.8) is 0 Å².